The van der Waals surface area contributed by atoms with Crippen LogP contribution in [0.1, 0.15) is 11.1 Å². The molecule has 0 N–H and O–H groups in total. The van der Waals surface area contributed by atoms with Gasteiger partial charge in [-0.25, -0.2) is 0 Å². The van der Waals surface area contributed by atoms with Crippen molar-refractivity contribution < 1.29 is 0 Å². The smallest absolute Gasteiger partial charge is 0.0287 e. The van der Waals surface area contributed by atoms with Gasteiger partial charge in [0.1, 0.15) is 0 Å². The standard InChI is InChI=1S/C15H15N/c1-12-7-9-13(10-8-12)15-6-4-3-5-14(15)11-16-2/h3-11H,1-2H3. The van der Waals surface area contributed by atoms with Gasteiger partial charge < -0.3 is 0 Å². The number of aryl methyl sites for hydroxylation is 1. The summed E-state index contributed by atoms with van der Waals surface area (Å²) in [6, 6.07) is 16.9. The van der Waals surface area contributed by atoms with Crippen molar-refractivity contribution in [2.75, 3.05) is 7.05 Å². The van der Waals surface area contributed by atoms with Crippen molar-refractivity contribution in [3.05, 3.63) is 59.7 Å². The van der Waals surface area contributed by atoms with Crippen LogP contribution in [0, 0.1) is 6.92 Å². The monoisotopic (exact) mass is 209 g/mol. The van der Waals surface area contributed by atoms with E-state index < -0.39 is 0 Å². The Kier molecular flexibility index (Phi) is 3.16. The Morgan fingerprint density at radius 3 is 2.31 bits per heavy atom. The van der Waals surface area contributed by atoms with E-state index in [1.807, 2.05) is 12.3 Å². The zero-order chi connectivity index (χ0) is 11.4. The number of rotatable bonds is 2. The third-order valence-electron chi connectivity index (χ3n) is 2.59. The van der Waals surface area contributed by atoms with Gasteiger partial charge in [-0.2, -0.15) is 0 Å². The predicted octanol–water partition coefficient (Wildman–Crippen LogP) is 3.71. The maximum Gasteiger partial charge on any atom is 0.0287 e. The summed E-state index contributed by atoms with van der Waals surface area (Å²) in [5, 5.41) is 0. The molecule has 1 nitrogen and oxygen atoms in total. The quantitative estimate of drug-likeness (QED) is 0.668. The normalized spacial score (nSPS) is 10.9. The van der Waals surface area contributed by atoms with Crippen LogP contribution in [0.15, 0.2) is 53.5 Å². The lowest BCUT2D eigenvalue weighted by Gasteiger charge is -2.05. The molecular formula is C15H15N. The molecule has 0 spiro atoms. The molecule has 0 bridgehead atoms. The van der Waals surface area contributed by atoms with Crippen molar-refractivity contribution >= 4 is 6.21 Å². The minimum Gasteiger partial charge on any atom is -0.296 e. The van der Waals surface area contributed by atoms with Crippen LogP contribution in [0.4, 0.5) is 0 Å². The van der Waals surface area contributed by atoms with Crippen molar-refractivity contribution in [3.63, 3.8) is 0 Å². The van der Waals surface area contributed by atoms with Gasteiger partial charge in [0.2, 0.25) is 0 Å². The van der Waals surface area contributed by atoms with Crippen molar-refractivity contribution in [1.29, 1.82) is 0 Å². The van der Waals surface area contributed by atoms with E-state index in [1.54, 1.807) is 7.05 Å². The Labute approximate surface area is 96.5 Å². The Morgan fingerprint density at radius 2 is 1.62 bits per heavy atom. The van der Waals surface area contributed by atoms with Crippen LogP contribution in [0.25, 0.3) is 11.1 Å². The first-order chi connectivity index (χ1) is 7.81. The van der Waals surface area contributed by atoms with Crippen molar-refractivity contribution in [2.24, 2.45) is 4.99 Å². The van der Waals surface area contributed by atoms with E-state index >= 15 is 0 Å². The Balaban J connectivity index is 2.51. The van der Waals surface area contributed by atoms with Gasteiger partial charge in [0, 0.05) is 18.8 Å². The molecule has 0 saturated carbocycles. The van der Waals surface area contributed by atoms with Gasteiger partial charge in [-0.3, -0.25) is 4.99 Å². The molecule has 2 rings (SSSR count). The summed E-state index contributed by atoms with van der Waals surface area (Å²) in [5.74, 6) is 0. The van der Waals surface area contributed by atoms with E-state index in [9.17, 15) is 0 Å². The SMILES string of the molecule is CN=Cc1ccccc1-c1ccc(C)cc1. The first kappa shape index (κ1) is 10.6. The summed E-state index contributed by atoms with van der Waals surface area (Å²) in [6.45, 7) is 2.10. The number of aliphatic imine (C=N–C) groups is 1. The highest BCUT2D eigenvalue weighted by molar-refractivity contribution is 5.90. The van der Waals surface area contributed by atoms with Gasteiger partial charge in [0.25, 0.3) is 0 Å². The second-order valence-electron chi connectivity index (χ2n) is 3.84. The van der Waals surface area contributed by atoms with E-state index in [-0.39, 0.29) is 0 Å². The fraction of sp³-hybridized carbons (Fsp3) is 0.133. The second-order valence-corrected chi connectivity index (χ2v) is 3.84. The van der Waals surface area contributed by atoms with Gasteiger partial charge >= 0.3 is 0 Å². The van der Waals surface area contributed by atoms with Gasteiger partial charge in [-0.1, -0.05) is 54.1 Å². The molecule has 0 aliphatic heterocycles. The fourth-order valence-corrected chi connectivity index (χ4v) is 1.74. The van der Waals surface area contributed by atoms with Gasteiger partial charge in [0.05, 0.1) is 0 Å². The van der Waals surface area contributed by atoms with E-state index in [4.69, 9.17) is 0 Å². The molecule has 0 aliphatic rings. The second kappa shape index (κ2) is 4.75. The molecule has 80 valence electrons. The zero-order valence-corrected chi connectivity index (χ0v) is 9.64. The zero-order valence-electron chi connectivity index (χ0n) is 9.64. The van der Waals surface area contributed by atoms with Crippen LogP contribution >= 0.6 is 0 Å². The minimum absolute atomic E-state index is 1.16. The van der Waals surface area contributed by atoms with Crippen LogP contribution in [0.2, 0.25) is 0 Å². The number of hydrogen-bond acceptors (Lipinski definition) is 1. The Bertz CT molecular complexity index is 495. The third-order valence-corrected chi connectivity index (χ3v) is 2.59. The molecule has 0 heterocycles. The van der Waals surface area contributed by atoms with E-state index in [1.165, 1.54) is 16.7 Å². The third kappa shape index (κ3) is 2.19. The van der Waals surface area contributed by atoms with Gasteiger partial charge in [-0.05, 0) is 18.1 Å². The molecule has 1 heteroatoms. The van der Waals surface area contributed by atoms with E-state index in [2.05, 4.69) is 54.4 Å². The van der Waals surface area contributed by atoms with Gasteiger partial charge in [-0.15, -0.1) is 0 Å². The summed E-state index contributed by atoms with van der Waals surface area (Å²) < 4.78 is 0. The lowest BCUT2D eigenvalue weighted by atomic mass is 9.99. The topological polar surface area (TPSA) is 12.4 Å². The molecule has 2 aromatic carbocycles. The molecule has 0 radical (unpaired) electrons. The van der Waals surface area contributed by atoms with E-state index in [0.717, 1.165) is 5.56 Å². The van der Waals surface area contributed by atoms with Crippen LogP contribution < -0.4 is 0 Å². The first-order valence-corrected chi connectivity index (χ1v) is 5.39. The highest BCUT2D eigenvalue weighted by Crippen LogP contribution is 2.22. The summed E-state index contributed by atoms with van der Waals surface area (Å²) in [7, 11) is 1.80. The molecule has 0 atom stereocenters. The lowest BCUT2D eigenvalue weighted by Crippen LogP contribution is -1.87. The molecule has 0 aliphatic carbocycles. The van der Waals surface area contributed by atoms with Crippen molar-refractivity contribution in [3.8, 4) is 11.1 Å². The van der Waals surface area contributed by atoms with Crippen molar-refractivity contribution in [1.82, 2.24) is 0 Å². The fourth-order valence-electron chi connectivity index (χ4n) is 1.74. The van der Waals surface area contributed by atoms with Crippen molar-refractivity contribution in [2.45, 2.75) is 6.92 Å². The lowest BCUT2D eigenvalue weighted by molar-refractivity contribution is 1.45. The molecular weight excluding hydrogens is 194 g/mol. The summed E-state index contributed by atoms with van der Waals surface area (Å²) >= 11 is 0. The Hall–Kier alpha value is -1.89. The first-order valence-electron chi connectivity index (χ1n) is 5.39. The molecule has 0 saturated heterocycles. The van der Waals surface area contributed by atoms with Gasteiger partial charge in [0.15, 0.2) is 0 Å². The number of hydrogen-bond donors (Lipinski definition) is 0. The van der Waals surface area contributed by atoms with E-state index in [0.29, 0.717) is 0 Å². The molecule has 0 fully saturated rings. The maximum absolute atomic E-state index is 4.08. The summed E-state index contributed by atoms with van der Waals surface area (Å²) in [5.41, 5.74) is 4.91. The van der Waals surface area contributed by atoms with Crippen LogP contribution in [0.3, 0.4) is 0 Å². The summed E-state index contributed by atoms with van der Waals surface area (Å²) in [6.07, 6.45) is 1.90. The maximum atomic E-state index is 4.08. The summed E-state index contributed by atoms with van der Waals surface area (Å²) in [4.78, 5) is 4.08. The molecule has 0 aromatic heterocycles. The van der Waals surface area contributed by atoms with Crippen LogP contribution in [0.5, 0.6) is 0 Å². The van der Waals surface area contributed by atoms with Crippen LogP contribution in [-0.4, -0.2) is 13.3 Å². The number of nitrogens with zero attached hydrogens (tertiary/aromatic N) is 1. The average molecular weight is 209 g/mol. The van der Waals surface area contributed by atoms with Crippen LogP contribution in [-0.2, 0) is 0 Å². The molecule has 2 aromatic rings. The molecule has 0 unspecified atom stereocenters. The Morgan fingerprint density at radius 1 is 0.938 bits per heavy atom. The highest BCUT2D eigenvalue weighted by Gasteiger charge is 2.01. The largest absolute Gasteiger partial charge is 0.296 e. The number of benzene rings is 2. The molecule has 16 heavy (non-hydrogen) atoms. The highest BCUT2D eigenvalue weighted by atomic mass is 14.6. The average Bonchev–Trinajstić information content (AvgIpc) is 2.32. The molecule has 0 amide bonds. The minimum atomic E-state index is 1.16. The predicted molar refractivity (Wildman–Crippen MR) is 70.1 cm³/mol.